The first-order valence-electron chi connectivity index (χ1n) is 6.44. The van der Waals surface area contributed by atoms with Gasteiger partial charge in [0.2, 0.25) is 5.91 Å². The highest BCUT2D eigenvalue weighted by Crippen LogP contribution is 2.59. The Morgan fingerprint density at radius 1 is 1.39 bits per heavy atom. The summed E-state index contributed by atoms with van der Waals surface area (Å²) in [5.41, 5.74) is 0.00134. The fourth-order valence-electron chi connectivity index (χ4n) is 2.96. The van der Waals surface area contributed by atoms with Crippen LogP contribution in [0.2, 0.25) is 0 Å². The van der Waals surface area contributed by atoms with E-state index in [4.69, 9.17) is 0 Å². The van der Waals surface area contributed by atoms with Gasteiger partial charge >= 0.3 is 6.18 Å². The van der Waals surface area contributed by atoms with Gasteiger partial charge in [0.05, 0.1) is 0 Å². The van der Waals surface area contributed by atoms with Crippen LogP contribution in [0.15, 0.2) is 0 Å². The van der Waals surface area contributed by atoms with Crippen molar-refractivity contribution in [1.82, 2.24) is 10.2 Å². The van der Waals surface area contributed by atoms with Gasteiger partial charge in [-0.2, -0.15) is 13.2 Å². The molecular formula is C12H19F3N2O. The molecule has 104 valence electrons. The smallest absolute Gasteiger partial charge is 0.334 e. The molecule has 0 radical (unpaired) electrons. The lowest BCUT2D eigenvalue weighted by Gasteiger charge is -2.26. The van der Waals surface area contributed by atoms with Gasteiger partial charge in [0.15, 0.2) is 0 Å². The average Bonchev–Trinajstić information content (AvgIpc) is 2.98. The predicted octanol–water partition coefficient (Wildman–Crippen LogP) is 1.79. The summed E-state index contributed by atoms with van der Waals surface area (Å²) in [7, 11) is 0. The summed E-state index contributed by atoms with van der Waals surface area (Å²) in [6, 6.07) is 0. The molecule has 1 heterocycles. The number of carbonyl (C=O) groups is 1. The SMILES string of the molecule is CCN(CC(F)(F)F)C(=O)C1CC12CCNCC2. The van der Waals surface area contributed by atoms with Crippen molar-refractivity contribution in [3.63, 3.8) is 0 Å². The lowest BCUT2D eigenvalue weighted by Crippen LogP contribution is -2.41. The maximum absolute atomic E-state index is 12.4. The third-order valence-electron chi connectivity index (χ3n) is 4.15. The molecule has 0 aromatic heterocycles. The number of piperidine rings is 1. The first-order chi connectivity index (χ1) is 8.38. The summed E-state index contributed by atoms with van der Waals surface area (Å²) in [6.07, 6.45) is -1.72. The van der Waals surface area contributed by atoms with E-state index in [2.05, 4.69) is 5.32 Å². The molecule has 1 saturated heterocycles. The Balaban J connectivity index is 1.95. The Kier molecular flexibility index (Phi) is 3.58. The number of alkyl halides is 3. The van der Waals surface area contributed by atoms with Gasteiger partial charge in [-0.1, -0.05) is 0 Å². The van der Waals surface area contributed by atoms with Crippen LogP contribution >= 0.6 is 0 Å². The molecular weight excluding hydrogens is 245 g/mol. The minimum Gasteiger partial charge on any atom is -0.334 e. The summed E-state index contributed by atoms with van der Waals surface area (Å²) in [5, 5.41) is 3.22. The van der Waals surface area contributed by atoms with E-state index in [0.29, 0.717) is 0 Å². The average molecular weight is 264 g/mol. The van der Waals surface area contributed by atoms with Crippen LogP contribution in [0.1, 0.15) is 26.2 Å². The molecule has 0 aromatic rings. The zero-order chi connectivity index (χ0) is 13.4. The van der Waals surface area contributed by atoms with Crippen LogP contribution in [-0.2, 0) is 4.79 Å². The van der Waals surface area contributed by atoms with E-state index < -0.39 is 12.7 Å². The molecule has 1 unspecified atom stereocenters. The fourth-order valence-corrected chi connectivity index (χ4v) is 2.96. The van der Waals surface area contributed by atoms with Crippen molar-refractivity contribution in [3.8, 4) is 0 Å². The Morgan fingerprint density at radius 2 is 2.00 bits per heavy atom. The van der Waals surface area contributed by atoms with Crippen molar-refractivity contribution >= 4 is 5.91 Å². The fraction of sp³-hybridized carbons (Fsp3) is 0.917. The van der Waals surface area contributed by atoms with Gasteiger partial charge in [0.25, 0.3) is 0 Å². The Bertz CT molecular complexity index is 324. The summed E-state index contributed by atoms with van der Waals surface area (Å²) in [6.45, 7) is 2.35. The van der Waals surface area contributed by atoms with Crippen LogP contribution in [0.25, 0.3) is 0 Å². The number of hydrogen-bond donors (Lipinski definition) is 1. The number of halogens is 3. The number of rotatable bonds is 3. The maximum atomic E-state index is 12.4. The Labute approximate surface area is 105 Å². The van der Waals surface area contributed by atoms with Gasteiger partial charge in [0.1, 0.15) is 6.54 Å². The van der Waals surface area contributed by atoms with Crippen LogP contribution in [0, 0.1) is 11.3 Å². The minimum atomic E-state index is -4.30. The molecule has 6 heteroatoms. The highest BCUT2D eigenvalue weighted by atomic mass is 19.4. The highest BCUT2D eigenvalue weighted by molar-refractivity contribution is 5.82. The first kappa shape index (κ1) is 13.6. The van der Waals surface area contributed by atoms with E-state index in [1.54, 1.807) is 6.92 Å². The second-order valence-corrected chi connectivity index (χ2v) is 5.34. The second-order valence-electron chi connectivity index (χ2n) is 5.34. The van der Waals surface area contributed by atoms with Gasteiger partial charge in [-0.15, -0.1) is 0 Å². The van der Waals surface area contributed by atoms with Crippen molar-refractivity contribution in [2.75, 3.05) is 26.2 Å². The molecule has 0 aromatic carbocycles. The molecule has 0 bridgehead atoms. The van der Waals surface area contributed by atoms with E-state index in [0.717, 1.165) is 37.3 Å². The van der Waals surface area contributed by atoms with Crippen molar-refractivity contribution in [3.05, 3.63) is 0 Å². The van der Waals surface area contributed by atoms with E-state index in [9.17, 15) is 18.0 Å². The summed E-state index contributed by atoms with van der Waals surface area (Å²) >= 11 is 0. The monoisotopic (exact) mass is 264 g/mol. The van der Waals surface area contributed by atoms with Crippen LogP contribution in [-0.4, -0.2) is 43.2 Å². The quantitative estimate of drug-likeness (QED) is 0.843. The van der Waals surface area contributed by atoms with Crippen LogP contribution in [0.4, 0.5) is 13.2 Å². The molecule has 18 heavy (non-hydrogen) atoms. The molecule has 2 aliphatic rings. The minimum absolute atomic E-state index is 0.00134. The van der Waals surface area contributed by atoms with Crippen molar-refractivity contribution in [2.45, 2.75) is 32.4 Å². The van der Waals surface area contributed by atoms with Crippen molar-refractivity contribution in [1.29, 1.82) is 0 Å². The number of hydrogen-bond acceptors (Lipinski definition) is 2. The first-order valence-corrected chi connectivity index (χ1v) is 6.44. The Morgan fingerprint density at radius 3 is 2.50 bits per heavy atom. The third-order valence-corrected chi connectivity index (χ3v) is 4.15. The molecule has 1 N–H and O–H groups in total. The molecule has 2 fully saturated rings. The van der Waals surface area contributed by atoms with Gasteiger partial charge in [0, 0.05) is 12.5 Å². The number of nitrogens with one attached hydrogen (secondary N) is 1. The molecule has 1 amide bonds. The standard InChI is InChI=1S/C12H19F3N2O/c1-2-17(8-12(13,14)15)10(18)9-7-11(9)3-5-16-6-4-11/h9,16H,2-8H2,1H3. The molecule has 1 aliphatic carbocycles. The normalized spacial score (nSPS) is 26.1. The third kappa shape index (κ3) is 2.79. The molecule has 2 rings (SSSR count). The largest absolute Gasteiger partial charge is 0.406 e. The van der Waals surface area contributed by atoms with Gasteiger partial charge in [-0.25, -0.2) is 0 Å². The maximum Gasteiger partial charge on any atom is 0.406 e. The van der Waals surface area contributed by atoms with Crippen LogP contribution in [0.5, 0.6) is 0 Å². The molecule has 1 atom stereocenters. The lowest BCUT2D eigenvalue weighted by atomic mass is 9.91. The zero-order valence-electron chi connectivity index (χ0n) is 10.5. The lowest BCUT2D eigenvalue weighted by molar-refractivity contribution is -0.162. The number of nitrogens with zero attached hydrogens (tertiary/aromatic N) is 1. The van der Waals surface area contributed by atoms with Crippen molar-refractivity contribution < 1.29 is 18.0 Å². The summed E-state index contributed by atoms with van der Waals surface area (Å²) in [5.74, 6) is -0.487. The number of amides is 1. The summed E-state index contributed by atoms with van der Waals surface area (Å²) < 4.78 is 37.1. The van der Waals surface area contributed by atoms with E-state index in [1.807, 2.05) is 0 Å². The number of carbonyl (C=O) groups excluding carboxylic acids is 1. The second kappa shape index (κ2) is 4.72. The van der Waals surface area contributed by atoms with Gasteiger partial charge in [-0.3, -0.25) is 4.79 Å². The van der Waals surface area contributed by atoms with Crippen LogP contribution in [0.3, 0.4) is 0 Å². The summed E-state index contributed by atoms with van der Waals surface area (Å²) in [4.78, 5) is 13.0. The molecule has 1 spiro atoms. The van der Waals surface area contributed by atoms with E-state index >= 15 is 0 Å². The van der Waals surface area contributed by atoms with E-state index in [-0.39, 0.29) is 23.8 Å². The topological polar surface area (TPSA) is 32.3 Å². The highest BCUT2D eigenvalue weighted by Gasteiger charge is 2.58. The van der Waals surface area contributed by atoms with Crippen LogP contribution < -0.4 is 5.32 Å². The van der Waals surface area contributed by atoms with Gasteiger partial charge < -0.3 is 10.2 Å². The van der Waals surface area contributed by atoms with E-state index in [1.165, 1.54) is 0 Å². The predicted molar refractivity (Wildman–Crippen MR) is 61.0 cm³/mol. The van der Waals surface area contributed by atoms with Gasteiger partial charge in [-0.05, 0) is 44.7 Å². The molecule has 1 aliphatic heterocycles. The molecule has 1 saturated carbocycles. The Hall–Kier alpha value is -0.780. The van der Waals surface area contributed by atoms with Crippen molar-refractivity contribution in [2.24, 2.45) is 11.3 Å². The zero-order valence-corrected chi connectivity index (χ0v) is 10.5. The molecule has 3 nitrogen and oxygen atoms in total.